The van der Waals surface area contributed by atoms with Gasteiger partial charge < -0.3 is 14.9 Å². The molecule has 1 heterocycles. The van der Waals surface area contributed by atoms with Crippen molar-refractivity contribution in [2.75, 3.05) is 32.8 Å². The summed E-state index contributed by atoms with van der Waals surface area (Å²) in [5.41, 5.74) is -0.638. The lowest BCUT2D eigenvalue weighted by Gasteiger charge is -2.40. The van der Waals surface area contributed by atoms with Crippen LogP contribution < -0.4 is 0 Å². The summed E-state index contributed by atoms with van der Waals surface area (Å²) < 4.78 is 5.41. The molecule has 1 fully saturated rings. The molecule has 5 nitrogen and oxygen atoms in total. The third kappa shape index (κ3) is 5.04. The van der Waals surface area contributed by atoms with E-state index in [4.69, 9.17) is 4.74 Å². The third-order valence-corrected chi connectivity index (χ3v) is 4.21. The summed E-state index contributed by atoms with van der Waals surface area (Å²) in [5, 5.41) is 19.4. The molecule has 5 heteroatoms. The van der Waals surface area contributed by atoms with Gasteiger partial charge in [-0.2, -0.15) is 0 Å². The van der Waals surface area contributed by atoms with Gasteiger partial charge in [-0.1, -0.05) is 20.3 Å². The van der Waals surface area contributed by atoms with Crippen molar-refractivity contribution in [3.05, 3.63) is 0 Å². The summed E-state index contributed by atoms with van der Waals surface area (Å²) in [6, 6.07) is 0. The summed E-state index contributed by atoms with van der Waals surface area (Å²) in [4.78, 5) is 13.5. The molecule has 0 aromatic heterocycles. The first-order valence-corrected chi connectivity index (χ1v) is 7.75. The van der Waals surface area contributed by atoms with E-state index in [0.29, 0.717) is 32.7 Å². The van der Waals surface area contributed by atoms with Gasteiger partial charge in [0.1, 0.15) is 0 Å². The number of rotatable bonds is 9. The van der Waals surface area contributed by atoms with E-state index < -0.39 is 17.5 Å². The van der Waals surface area contributed by atoms with Crippen LogP contribution in [-0.2, 0) is 9.53 Å². The number of ether oxygens (including phenoxy) is 1. The van der Waals surface area contributed by atoms with Gasteiger partial charge in [-0.05, 0) is 32.2 Å². The minimum absolute atomic E-state index is 0.336. The van der Waals surface area contributed by atoms with Crippen molar-refractivity contribution < 1.29 is 19.7 Å². The summed E-state index contributed by atoms with van der Waals surface area (Å²) in [7, 11) is 0. The Morgan fingerprint density at radius 3 is 2.80 bits per heavy atom. The van der Waals surface area contributed by atoms with E-state index in [2.05, 4.69) is 11.8 Å². The van der Waals surface area contributed by atoms with E-state index in [0.717, 1.165) is 32.2 Å². The molecule has 2 unspecified atom stereocenters. The highest BCUT2D eigenvalue weighted by molar-refractivity contribution is 5.75. The number of β-amino-alcohol motifs (C(OH)–C–C–N with tert-alkyl or cyclic N) is 1. The van der Waals surface area contributed by atoms with Crippen LogP contribution in [0.2, 0.25) is 0 Å². The Balaban J connectivity index is 2.37. The average molecular weight is 287 g/mol. The first-order valence-electron chi connectivity index (χ1n) is 7.75. The maximum absolute atomic E-state index is 11.5. The number of nitrogens with zero attached hydrogens (tertiary/aromatic N) is 1. The lowest BCUT2D eigenvalue weighted by Crippen LogP contribution is -2.49. The van der Waals surface area contributed by atoms with Crippen LogP contribution in [0.5, 0.6) is 0 Å². The smallest absolute Gasteiger partial charge is 0.310 e. The minimum atomic E-state index is -0.710. The molecule has 0 saturated carbocycles. The van der Waals surface area contributed by atoms with Crippen LogP contribution >= 0.6 is 0 Å². The SMILES string of the molecule is CCCCOCC(O)CN1CCCC(CC)(C(=O)O)C1. The van der Waals surface area contributed by atoms with Crippen molar-refractivity contribution in [2.45, 2.75) is 52.1 Å². The van der Waals surface area contributed by atoms with Gasteiger partial charge in [0.25, 0.3) is 0 Å². The molecule has 0 aromatic rings. The van der Waals surface area contributed by atoms with Gasteiger partial charge in [0.15, 0.2) is 0 Å². The first-order chi connectivity index (χ1) is 9.54. The fourth-order valence-corrected chi connectivity index (χ4v) is 2.81. The Hall–Kier alpha value is -0.650. The molecule has 1 aliphatic rings. The molecule has 2 atom stereocenters. The van der Waals surface area contributed by atoms with Gasteiger partial charge in [0, 0.05) is 19.7 Å². The zero-order valence-electron chi connectivity index (χ0n) is 12.8. The number of aliphatic hydroxyl groups excluding tert-OH is 1. The number of carboxylic acid groups (broad SMARTS) is 1. The number of unbranched alkanes of at least 4 members (excludes halogenated alkanes) is 1. The number of aliphatic carboxylic acids is 1. The predicted molar refractivity (Wildman–Crippen MR) is 77.8 cm³/mol. The predicted octanol–water partition coefficient (Wildman–Crippen LogP) is 1.74. The monoisotopic (exact) mass is 287 g/mol. The van der Waals surface area contributed by atoms with Crippen LogP contribution in [-0.4, -0.2) is 60.0 Å². The molecule has 0 radical (unpaired) electrons. The van der Waals surface area contributed by atoms with E-state index >= 15 is 0 Å². The van der Waals surface area contributed by atoms with Crippen LogP contribution in [0.3, 0.4) is 0 Å². The molecule has 1 aliphatic heterocycles. The Labute approximate surface area is 121 Å². The molecule has 0 bridgehead atoms. The molecule has 1 rings (SSSR count). The fourth-order valence-electron chi connectivity index (χ4n) is 2.81. The molecule has 2 N–H and O–H groups in total. The van der Waals surface area contributed by atoms with Crippen molar-refractivity contribution >= 4 is 5.97 Å². The quantitative estimate of drug-likeness (QED) is 0.632. The Bertz CT molecular complexity index is 298. The lowest BCUT2D eigenvalue weighted by atomic mass is 9.77. The van der Waals surface area contributed by atoms with E-state index in [1.165, 1.54) is 0 Å². The van der Waals surface area contributed by atoms with Gasteiger partial charge in [0.05, 0.1) is 18.1 Å². The number of carbonyl (C=O) groups is 1. The van der Waals surface area contributed by atoms with Crippen molar-refractivity contribution in [2.24, 2.45) is 5.41 Å². The number of carboxylic acids is 1. The Morgan fingerprint density at radius 1 is 1.45 bits per heavy atom. The number of hydrogen-bond donors (Lipinski definition) is 2. The molecule has 1 saturated heterocycles. The highest BCUT2D eigenvalue weighted by atomic mass is 16.5. The Morgan fingerprint density at radius 2 is 2.20 bits per heavy atom. The normalized spacial score (nSPS) is 25.6. The van der Waals surface area contributed by atoms with E-state index in [-0.39, 0.29) is 0 Å². The largest absolute Gasteiger partial charge is 0.481 e. The molecule has 118 valence electrons. The molecule has 0 spiro atoms. The molecular formula is C15H29NO4. The lowest BCUT2D eigenvalue weighted by molar-refractivity contribution is -0.153. The van der Waals surface area contributed by atoms with Gasteiger partial charge in [0.2, 0.25) is 0 Å². The standard InChI is InChI=1S/C15H29NO4/c1-3-5-9-20-11-13(17)10-16-8-6-7-15(4-2,12-16)14(18)19/h13,17H,3-12H2,1-2H3,(H,18,19). The van der Waals surface area contributed by atoms with Crippen molar-refractivity contribution in [1.29, 1.82) is 0 Å². The zero-order chi connectivity index (χ0) is 15.0. The summed E-state index contributed by atoms with van der Waals surface area (Å²) in [6.07, 6.45) is 3.81. The van der Waals surface area contributed by atoms with Crippen LogP contribution in [0.25, 0.3) is 0 Å². The molecule has 0 aromatic carbocycles. The Kier molecular flexibility index (Phi) is 7.48. The third-order valence-electron chi connectivity index (χ3n) is 4.21. The van der Waals surface area contributed by atoms with Crippen molar-refractivity contribution in [1.82, 2.24) is 4.90 Å². The fraction of sp³-hybridized carbons (Fsp3) is 0.933. The molecular weight excluding hydrogens is 258 g/mol. The van der Waals surface area contributed by atoms with Crippen LogP contribution in [0.15, 0.2) is 0 Å². The number of aliphatic hydroxyl groups is 1. The second kappa shape index (κ2) is 8.60. The summed E-state index contributed by atoms with van der Waals surface area (Å²) in [5.74, 6) is -0.710. The average Bonchev–Trinajstić information content (AvgIpc) is 2.43. The van der Waals surface area contributed by atoms with Crippen LogP contribution in [0.4, 0.5) is 0 Å². The number of likely N-dealkylation sites (tertiary alicyclic amines) is 1. The first kappa shape index (κ1) is 17.4. The molecule has 0 aliphatic carbocycles. The zero-order valence-corrected chi connectivity index (χ0v) is 12.8. The van der Waals surface area contributed by atoms with Crippen LogP contribution in [0, 0.1) is 5.41 Å². The van der Waals surface area contributed by atoms with Crippen LogP contribution in [0.1, 0.15) is 46.0 Å². The summed E-state index contributed by atoms with van der Waals surface area (Å²) >= 11 is 0. The number of piperidine rings is 1. The highest BCUT2D eigenvalue weighted by Crippen LogP contribution is 2.33. The molecule has 20 heavy (non-hydrogen) atoms. The topological polar surface area (TPSA) is 70.0 Å². The van der Waals surface area contributed by atoms with Gasteiger partial charge in [-0.3, -0.25) is 9.69 Å². The van der Waals surface area contributed by atoms with Crippen molar-refractivity contribution in [3.8, 4) is 0 Å². The van der Waals surface area contributed by atoms with Gasteiger partial charge in [-0.15, -0.1) is 0 Å². The second-order valence-electron chi connectivity index (χ2n) is 5.86. The maximum atomic E-state index is 11.5. The highest BCUT2D eigenvalue weighted by Gasteiger charge is 2.40. The van der Waals surface area contributed by atoms with E-state index in [1.54, 1.807) is 0 Å². The summed E-state index contributed by atoms with van der Waals surface area (Å²) in [6.45, 7) is 6.95. The minimum Gasteiger partial charge on any atom is -0.481 e. The van der Waals surface area contributed by atoms with Gasteiger partial charge >= 0.3 is 5.97 Å². The van der Waals surface area contributed by atoms with E-state index in [9.17, 15) is 15.0 Å². The molecule has 0 amide bonds. The van der Waals surface area contributed by atoms with Crippen molar-refractivity contribution in [3.63, 3.8) is 0 Å². The van der Waals surface area contributed by atoms with Gasteiger partial charge in [-0.25, -0.2) is 0 Å². The maximum Gasteiger partial charge on any atom is 0.310 e. The second-order valence-corrected chi connectivity index (χ2v) is 5.86. The number of hydrogen-bond acceptors (Lipinski definition) is 4. The van der Waals surface area contributed by atoms with E-state index in [1.807, 2.05) is 6.92 Å².